The number of anilines is 2. The number of hydrogen-bond donors (Lipinski definition) is 1. The largest absolute Gasteiger partial charge is 0.321 e. The van der Waals surface area contributed by atoms with Gasteiger partial charge in [-0.15, -0.1) is 0 Å². The zero-order valence-corrected chi connectivity index (χ0v) is 15.4. The van der Waals surface area contributed by atoms with Crippen LogP contribution in [-0.4, -0.2) is 61.6 Å². The van der Waals surface area contributed by atoms with Gasteiger partial charge in [0.1, 0.15) is 0 Å². The molecule has 1 fully saturated rings. The maximum absolute atomic E-state index is 11.7. The fourth-order valence-corrected chi connectivity index (χ4v) is 4.09. The number of rotatable bonds is 5. The molecule has 0 saturated carbocycles. The Hall–Kier alpha value is -2.53. The third-order valence-electron chi connectivity index (χ3n) is 4.49. The summed E-state index contributed by atoms with van der Waals surface area (Å²) in [5.41, 5.74) is 1.53. The molecule has 26 heavy (non-hydrogen) atoms. The second kappa shape index (κ2) is 6.32. The number of aryl methyl sites for hydroxylation is 1. The van der Waals surface area contributed by atoms with E-state index in [4.69, 9.17) is 0 Å². The van der Waals surface area contributed by atoms with E-state index in [2.05, 4.69) is 25.5 Å². The molecular formula is C15H20N8O2S. The summed E-state index contributed by atoms with van der Waals surface area (Å²) in [5, 5.41) is 12.5. The summed E-state index contributed by atoms with van der Waals surface area (Å²) in [7, 11) is -1.30. The van der Waals surface area contributed by atoms with Crippen molar-refractivity contribution in [2.45, 2.75) is 13.0 Å². The van der Waals surface area contributed by atoms with Gasteiger partial charge in [0.25, 0.3) is 0 Å². The Morgan fingerprint density at radius 1 is 1.27 bits per heavy atom. The van der Waals surface area contributed by atoms with Crippen molar-refractivity contribution in [1.29, 1.82) is 0 Å². The molecule has 3 aromatic rings. The molecule has 0 aliphatic carbocycles. The Kier molecular flexibility index (Phi) is 4.11. The minimum atomic E-state index is -3.14. The third-order valence-corrected chi connectivity index (χ3v) is 5.76. The fraction of sp³-hybridized carbons (Fsp3) is 0.467. The average Bonchev–Trinajstić information content (AvgIpc) is 3.29. The van der Waals surface area contributed by atoms with Crippen LogP contribution in [-0.2, 0) is 23.6 Å². The van der Waals surface area contributed by atoms with E-state index in [1.165, 1.54) is 10.6 Å². The van der Waals surface area contributed by atoms with Gasteiger partial charge in [-0.2, -0.15) is 15.2 Å². The molecule has 1 N–H and O–H groups in total. The predicted molar refractivity (Wildman–Crippen MR) is 96.3 cm³/mol. The van der Waals surface area contributed by atoms with Gasteiger partial charge in [-0.05, 0) is 12.3 Å². The van der Waals surface area contributed by atoms with Crippen LogP contribution in [0.25, 0.3) is 11.0 Å². The summed E-state index contributed by atoms with van der Waals surface area (Å²) < 4.78 is 28.4. The molecule has 0 radical (unpaired) electrons. The van der Waals surface area contributed by atoms with Crippen LogP contribution >= 0.6 is 0 Å². The number of nitrogens with one attached hydrogen (secondary N) is 1. The number of sulfonamides is 1. The van der Waals surface area contributed by atoms with Gasteiger partial charge in [-0.25, -0.2) is 22.4 Å². The van der Waals surface area contributed by atoms with Gasteiger partial charge >= 0.3 is 0 Å². The molecule has 1 aliphatic rings. The molecule has 1 saturated heterocycles. The summed E-state index contributed by atoms with van der Waals surface area (Å²) in [6.07, 6.45) is 9.06. The highest BCUT2D eigenvalue weighted by Crippen LogP contribution is 2.22. The number of nitrogens with zero attached hydrogens (tertiary/aromatic N) is 7. The van der Waals surface area contributed by atoms with Gasteiger partial charge in [-0.3, -0.25) is 4.68 Å². The van der Waals surface area contributed by atoms with E-state index in [-0.39, 0.29) is 5.92 Å². The van der Waals surface area contributed by atoms with Crippen molar-refractivity contribution >= 4 is 32.7 Å². The fourth-order valence-electron chi connectivity index (χ4n) is 3.17. The summed E-state index contributed by atoms with van der Waals surface area (Å²) in [5.74, 6) is 0.689. The molecule has 4 heterocycles. The Bertz CT molecular complexity index is 1040. The first-order valence-corrected chi connectivity index (χ1v) is 10.1. The molecule has 0 amide bonds. The van der Waals surface area contributed by atoms with Gasteiger partial charge in [-0.1, -0.05) is 0 Å². The van der Waals surface area contributed by atoms with Crippen LogP contribution < -0.4 is 5.32 Å². The van der Waals surface area contributed by atoms with E-state index in [1.54, 1.807) is 23.3 Å². The molecule has 3 aromatic heterocycles. The van der Waals surface area contributed by atoms with Gasteiger partial charge in [0.05, 0.1) is 29.7 Å². The predicted octanol–water partition coefficient (Wildman–Crippen LogP) is 0.585. The van der Waals surface area contributed by atoms with Crippen molar-refractivity contribution in [3.05, 3.63) is 24.8 Å². The topological polar surface area (TPSA) is 111 Å². The molecule has 10 nitrogen and oxygen atoms in total. The monoisotopic (exact) mass is 376 g/mol. The zero-order valence-electron chi connectivity index (χ0n) is 14.6. The van der Waals surface area contributed by atoms with Crippen LogP contribution in [0.2, 0.25) is 0 Å². The minimum absolute atomic E-state index is 0.220. The first kappa shape index (κ1) is 16.9. The summed E-state index contributed by atoms with van der Waals surface area (Å²) in [6, 6.07) is 0. The first-order chi connectivity index (χ1) is 12.4. The second-order valence-corrected chi connectivity index (χ2v) is 8.59. The summed E-state index contributed by atoms with van der Waals surface area (Å²) in [4.78, 5) is 8.86. The Morgan fingerprint density at radius 2 is 2.12 bits per heavy atom. The van der Waals surface area contributed by atoms with E-state index < -0.39 is 10.0 Å². The third kappa shape index (κ3) is 3.40. The molecule has 1 aliphatic heterocycles. The van der Waals surface area contributed by atoms with Crippen LogP contribution in [0.3, 0.4) is 0 Å². The van der Waals surface area contributed by atoms with Crippen LogP contribution in [0.4, 0.5) is 11.6 Å². The van der Waals surface area contributed by atoms with Crippen molar-refractivity contribution in [3.63, 3.8) is 0 Å². The highest BCUT2D eigenvalue weighted by atomic mass is 32.2. The lowest BCUT2D eigenvalue weighted by Gasteiger charge is -2.13. The molecular weight excluding hydrogens is 356 g/mol. The Labute approximate surface area is 150 Å². The van der Waals surface area contributed by atoms with Gasteiger partial charge < -0.3 is 5.32 Å². The van der Waals surface area contributed by atoms with Crippen LogP contribution in [0.15, 0.2) is 24.8 Å². The van der Waals surface area contributed by atoms with E-state index in [1.807, 2.05) is 17.9 Å². The van der Waals surface area contributed by atoms with Crippen molar-refractivity contribution < 1.29 is 8.42 Å². The van der Waals surface area contributed by atoms with E-state index >= 15 is 0 Å². The van der Waals surface area contributed by atoms with Crippen molar-refractivity contribution in [2.24, 2.45) is 13.0 Å². The maximum atomic E-state index is 11.7. The van der Waals surface area contributed by atoms with Crippen molar-refractivity contribution in [2.75, 3.05) is 24.7 Å². The molecule has 1 atom stereocenters. The quantitative estimate of drug-likeness (QED) is 0.693. The maximum Gasteiger partial charge on any atom is 0.229 e. The molecule has 0 bridgehead atoms. The number of aromatic nitrogens is 6. The normalized spacial score (nSPS) is 18.6. The van der Waals surface area contributed by atoms with Crippen LogP contribution in [0.5, 0.6) is 0 Å². The van der Waals surface area contributed by atoms with Gasteiger partial charge in [0.2, 0.25) is 16.0 Å². The minimum Gasteiger partial charge on any atom is -0.321 e. The molecule has 1 unspecified atom stereocenters. The van der Waals surface area contributed by atoms with Crippen molar-refractivity contribution in [3.8, 4) is 0 Å². The molecule has 0 spiro atoms. The molecule has 11 heteroatoms. The first-order valence-electron chi connectivity index (χ1n) is 8.28. The number of fused-ring (bicyclic) bond motifs is 1. The lowest BCUT2D eigenvalue weighted by molar-refractivity contribution is 0.420. The summed E-state index contributed by atoms with van der Waals surface area (Å²) >= 11 is 0. The lowest BCUT2D eigenvalue weighted by Crippen LogP contribution is -2.28. The van der Waals surface area contributed by atoms with Crippen molar-refractivity contribution in [1.82, 2.24) is 33.8 Å². The lowest BCUT2D eigenvalue weighted by atomic mass is 10.1. The Balaban J connectivity index is 1.53. The Morgan fingerprint density at radius 3 is 2.81 bits per heavy atom. The highest BCUT2D eigenvalue weighted by molar-refractivity contribution is 7.88. The standard InChI is InChI=1S/C15H20N8O2S/c1-21-10-13(7-17-21)19-15-16-5-12-6-18-23(14(12)20-15)9-11-3-4-22(8-11)26(2,24)25/h5-7,10-11H,3-4,8-9H2,1-2H3,(H,16,19,20). The van der Waals surface area contributed by atoms with Crippen LogP contribution in [0, 0.1) is 5.92 Å². The average molecular weight is 376 g/mol. The van der Waals surface area contributed by atoms with E-state index in [0.717, 1.165) is 23.1 Å². The molecule has 138 valence electrons. The molecule has 4 rings (SSSR count). The smallest absolute Gasteiger partial charge is 0.229 e. The second-order valence-electron chi connectivity index (χ2n) is 6.60. The highest BCUT2D eigenvalue weighted by Gasteiger charge is 2.29. The zero-order chi connectivity index (χ0) is 18.3. The SMILES string of the molecule is Cn1cc(Nc2ncc3cnn(CC4CCN(S(C)(=O)=O)C4)c3n2)cn1. The number of hydrogen-bond acceptors (Lipinski definition) is 7. The van der Waals surface area contributed by atoms with E-state index in [0.29, 0.717) is 25.6 Å². The van der Waals surface area contributed by atoms with E-state index in [9.17, 15) is 8.42 Å². The van der Waals surface area contributed by atoms with Crippen LogP contribution in [0.1, 0.15) is 6.42 Å². The molecule has 0 aromatic carbocycles. The van der Waals surface area contributed by atoms with Gasteiger partial charge in [0, 0.05) is 39.1 Å². The van der Waals surface area contributed by atoms with Gasteiger partial charge in [0.15, 0.2) is 5.65 Å². The summed E-state index contributed by atoms with van der Waals surface area (Å²) in [6.45, 7) is 1.70.